The van der Waals surface area contributed by atoms with Gasteiger partial charge >= 0.3 is 20.6 Å². The second-order valence-corrected chi connectivity index (χ2v) is 29.4. The number of allylic oxidation sites excluding steroid dienone is 2. The SMILES string of the molecule is CO[C@@H](C[C@@H](C)[C@@H](O)/C=C/C=C/CNC(=O)OCC1c2ccccc2-c2ccccc21)[C@@]12O[Si](C(C)C)(C(C)C)OC[C@]1(C(=O)OCO[Si](C(C)C)(C(C)C)C(C)C)N(C)C(=O)[C@@H]2C. The van der Waals surface area contributed by atoms with Crippen LogP contribution in [0.25, 0.3) is 11.1 Å². The van der Waals surface area contributed by atoms with Gasteiger partial charge in [0.15, 0.2) is 12.3 Å². The number of rotatable bonds is 20. The summed E-state index contributed by atoms with van der Waals surface area (Å²) in [5.41, 5.74) is 2.16. The predicted molar refractivity (Wildman–Crippen MR) is 255 cm³/mol. The van der Waals surface area contributed by atoms with E-state index in [2.05, 4.69) is 98.8 Å². The second-order valence-electron chi connectivity index (χ2n) is 19.7. The van der Waals surface area contributed by atoms with Crippen molar-refractivity contribution in [1.29, 1.82) is 0 Å². The number of methoxy groups -OCH3 is 1. The lowest BCUT2D eigenvalue weighted by atomic mass is 9.69. The Labute approximate surface area is 384 Å². The topological polar surface area (TPSA) is 142 Å². The lowest BCUT2D eigenvalue weighted by Crippen LogP contribution is -2.79. The van der Waals surface area contributed by atoms with Gasteiger partial charge in [-0.15, -0.1) is 0 Å². The minimum Gasteiger partial charge on any atom is -0.449 e. The first-order valence-electron chi connectivity index (χ1n) is 23.3. The number of hydrogen-bond acceptors (Lipinski definition) is 10. The highest BCUT2D eigenvalue weighted by atomic mass is 28.4. The number of hydrogen-bond donors (Lipinski definition) is 2. The molecule has 354 valence electrons. The summed E-state index contributed by atoms with van der Waals surface area (Å²) in [4.78, 5) is 43.5. The molecule has 2 aromatic rings. The number of fused-ring (bicyclic) bond motifs is 4. The van der Waals surface area contributed by atoms with Crippen LogP contribution < -0.4 is 5.32 Å². The van der Waals surface area contributed by atoms with E-state index in [0.717, 1.165) is 11.1 Å². The van der Waals surface area contributed by atoms with Crippen LogP contribution in [0.4, 0.5) is 4.79 Å². The number of carbonyl (C=O) groups excluding carboxylic acids is 3. The molecule has 0 radical (unpaired) electrons. The summed E-state index contributed by atoms with van der Waals surface area (Å²) in [5, 5.41) is 14.3. The van der Waals surface area contributed by atoms with Crippen LogP contribution in [0.2, 0.25) is 27.7 Å². The van der Waals surface area contributed by atoms with Crippen molar-refractivity contribution in [3.8, 4) is 11.1 Å². The number of amides is 2. The number of aliphatic hydroxyl groups is 1. The van der Waals surface area contributed by atoms with Crippen LogP contribution in [0.1, 0.15) is 107 Å². The van der Waals surface area contributed by atoms with E-state index in [9.17, 15) is 19.5 Å². The van der Waals surface area contributed by atoms with Crippen LogP contribution in [0, 0.1) is 11.8 Å². The summed E-state index contributed by atoms with van der Waals surface area (Å²) in [7, 11) is -2.38. The summed E-state index contributed by atoms with van der Waals surface area (Å²) in [6.45, 7) is 25.1. The van der Waals surface area contributed by atoms with E-state index in [1.54, 1.807) is 45.4 Å². The third-order valence-corrected chi connectivity index (χ3v) is 25.3. The Bertz CT molecular complexity index is 1930. The maximum Gasteiger partial charge on any atom is 0.407 e. The molecular formula is C50H76N2O10Si2. The second kappa shape index (κ2) is 20.9. The molecule has 2 saturated heterocycles. The fraction of sp³-hybridized carbons (Fsp3) is 0.620. The largest absolute Gasteiger partial charge is 0.449 e. The summed E-state index contributed by atoms with van der Waals surface area (Å²) in [6, 6.07) is 16.4. The Balaban J connectivity index is 1.30. The number of carbonyl (C=O) groups is 3. The van der Waals surface area contributed by atoms with E-state index < -0.39 is 64.1 Å². The lowest BCUT2D eigenvalue weighted by molar-refractivity contribution is -0.221. The monoisotopic (exact) mass is 921 g/mol. The van der Waals surface area contributed by atoms with Gasteiger partial charge in [-0.3, -0.25) is 4.79 Å². The number of alkyl carbamates (subject to hydrolysis) is 1. The molecule has 2 aliphatic heterocycles. The van der Waals surface area contributed by atoms with Crippen LogP contribution in [-0.2, 0) is 37.1 Å². The normalized spacial score (nSPS) is 23.7. The van der Waals surface area contributed by atoms with Crippen molar-refractivity contribution in [1.82, 2.24) is 10.2 Å². The Morgan fingerprint density at radius 3 is 2.00 bits per heavy atom. The number of likely N-dealkylation sites (tertiary alicyclic amines) is 1. The van der Waals surface area contributed by atoms with Crippen molar-refractivity contribution < 1.29 is 47.0 Å². The molecule has 0 unspecified atom stereocenters. The van der Waals surface area contributed by atoms with Gasteiger partial charge < -0.3 is 42.8 Å². The van der Waals surface area contributed by atoms with Crippen LogP contribution in [0.3, 0.4) is 0 Å². The molecule has 2 heterocycles. The molecule has 0 spiro atoms. The fourth-order valence-corrected chi connectivity index (χ4v) is 20.6. The molecule has 2 aromatic carbocycles. The minimum absolute atomic E-state index is 0.0281. The average molecular weight is 921 g/mol. The van der Waals surface area contributed by atoms with Crippen molar-refractivity contribution in [2.75, 3.05) is 40.7 Å². The van der Waals surface area contributed by atoms with Crippen LogP contribution in [0.5, 0.6) is 0 Å². The smallest absolute Gasteiger partial charge is 0.407 e. The number of benzene rings is 2. The van der Waals surface area contributed by atoms with E-state index in [-0.39, 0.29) is 72.5 Å². The molecule has 5 rings (SSSR count). The highest BCUT2D eigenvalue weighted by Crippen LogP contribution is 2.57. The van der Waals surface area contributed by atoms with E-state index in [4.69, 9.17) is 27.5 Å². The molecule has 1 aliphatic carbocycles. The quantitative estimate of drug-likeness (QED) is 0.0571. The molecule has 2 amide bonds. The van der Waals surface area contributed by atoms with Gasteiger partial charge in [0.1, 0.15) is 12.2 Å². The Hall–Kier alpha value is -3.64. The van der Waals surface area contributed by atoms with Gasteiger partial charge in [0.25, 0.3) is 0 Å². The van der Waals surface area contributed by atoms with Gasteiger partial charge in [0.05, 0.1) is 24.7 Å². The maximum absolute atomic E-state index is 15.0. The molecule has 0 saturated carbocycles. The Kier molecular flexibility index (Phi) is 16.8. The van der Waals surface area contributed by atoms with Crippen molar-refractivity contribution in [3.05, 3.63) is 84.0 Å². The van der Waals surface area contributed by atoms with Crippen LogP contribution in [0.15, 0.2) is 72.8 Å². The minimum atomic E-state index is -3.15. The fourth-order valence-electron chi connectivity index (χ4n) is 11.4. The maximum atomic E-state index is 15.0. The zero-order chi connectivity index (χ0) is 47.4. The third-order valence-electron chi connectivity index (χ3n) is 14.7. The van der Waals surface area contributed by atoms with Crippen molar-refractivity contribution >= 4 is 34.8 Å². The van der Waals surface area contributed by atoms with E-state index >= 15 is 0 Å². The average Bonchev–Trinajstić information content (AvgIpc) is 3.66. The first kappa shape index (κ1) is 51.3. The van der Waals surface area contributed by atoms with Gasteiger partial charge in [-0.1, -0.05) is 156 Å². The molecular weight excluding hydrogens is 845 g/mol. The zero-order valence-electron chi connectivity index (χ0n) is 40.8. The summed E-state index contributed by atoms with van der Waals surface area (Å²) in [5.74, 6) is -2.18. The zero-order valence-corrected chi connectivity index (χ0v) is 42.8. The molecule has 0 bridgehead atoms. The van der Waals surface area contributed by atoms with Crippen LogP contribution in [-0.4, -0.2) is 109 Å². The molecule has 3 aliphatic rings. The number of ether oxygens (including phenoxy) is 3. The number of aliphatic hydroxyl groups excluding tert-OH is 1. The van der Waals surface area contributed by atoms with Crippen molar-refractivity contribution in [2.45, 2.75) is 146 Å². The molecule has 6 atom stereocenters. The summed E-state index contributed by atoms with van der Waals surface area (Å²) in [6.07, 6.45) is 4.91. The third kappa shape index (κ3) is 9.09. The summed E-state index contributed by atoms with van der Waals surface area (Å²) >= 11 is 0. The summed E-state index contributed by atoms with van der Waals surface area (Å²) < 4.78 is 39.1. The van der Waals surface area contributed by atoms with E-state index in [1.807, 2.05) is 31.2 Å². The lowest BCUT2D eigenvalue weighted by Gasteiger charge is -2.59. The molecule has 2 N–H and O–H groups in total. The first-order chi connectivity index (χ1) is 30.2. The van der Waals surface area contributed by atoms with Crippen molar-refractivity contribution in [3.63, 3.8) is 0 Å². The highest BCUT2D eigenvalue weighted by Gasteiger charge is 2.79. The van der Waals surface area contributed by atoms with Gasteiger partial charge in [0, 0.05) is 26.6 Å². The standard InChI is InChI=1S/C50H76N2O10Si2/c1-32(2)63(33(3)4,34(5)6)61-31-59-47(55)49-30-60-64(35(7)8,36(9)10)62-50(49,38(12)46(54)52(49)13)45(57-14)28-37(11)44(53)26-16-15-21-27-51-48(56)58-29-43-41-24-19-17-22-39(41)40-23-18-20-25-42(40)43/h15-26,32-38,43-45,53H,27-31H2,1-14H3,(H,51,56)/b21-15+,26-16+/t37-,38+,44+,45+,49-,50-/m1/s1. The van der Waals surface area contributed by atoms with Crippen LogP contribution >= 0.6 is 0 Å². The number of esters is 1. The Morgan fingerprint density at radius 2 is 1.47 bits per heavy atom. The molecule has 2 fully saturated rings. The van der Waals surface area contributed by atoms with Gasteiger partial charge in [-0.05, 0) is 62.3 Å². The number of nitrogens with zero attached hydrogens (tertiary/aromatic N) is 1. The number of nitrogens with one attached hydrogen (secondary N) is 1. The number of likely N-dealkylation sites (N-methyl/N-ethyl adjacent to an activating group) is 1. The van der Waals surface area contributed by atoms with E-state index in [1.165, 1.54) is 16.0 Å². The van der Waals surface area contributed by atoms with Gasteiger partial charge in [-0.25, -0.2) is 9.59 Å². The van der Waals surface area contributed by atoms with Gasteiger partial charge in [-0.2, -0.15) is 0 Å². The van der Waals surface area contributed by atoms with Gasteiger partial charge in [0.2, 0.25) is 14.2 Å². The first-order valence-corrected chi connectivity index (χ1v) is 27.4. The molecule has 14 heteroatoms. The predicted octanol–water partition coefficient (Wildman–Crippen LogP) is 9.63. The molecule has 12 nitrogen and oxygen atoms in total. The molecule has 64 heavy (non-hydrogen) atoms. The van der Waals surface area contributed by atoms with E-state index in [0.29, 0.717) is 0 Å². The Morgan fingerprint density at radius 1 is 0.906 bits per heavy atom. The molecule has 0 aromatic heterocycles. The van der Waals surface area contributed by atoms with Crippen molar-refractivity contribution in [2.24, 2.45) is 11.8 Å². The highest BCUT2D eigenvalue weighted by molar-refractivity contribution is 6.77.